The van der Waals surface area contributed by atoms with E-state index in [1.54, 1.807) is 13.3 Å². The molecule has 0 aliphatic rings. The summed E-state index contributed by atoms with van der Waals surface area (Å²) in [5, 5.41) is 13.4. The summed E-state index contributed by atoms with van der Waals surface area (Å²) in [6.07, 6.45) is 2.88. The minimum Gasteiger partial charge on any atom is -0.506 e. The molecule has 0 radical (unpaired) electrons. The number of nitrogens with zero attached hydrogens (tertiary/aromatic N) is 3. The summed E-state index contributed by atoms with van der Waals surface area (Å²) in [6.45, 7) is 0. The highest BCUT2D eigenvalue weighted by atomic mass is 79.9. The minimum atomic E-state index is 0.0411. The summed E-state index contributed by atoms with van der Waals surface area (Å²) >= 11 is 3.41. The molecule has 21 heavy (non-hydrogen) atoms. The average Bonchev–Trinajstić information content (AvgIpc) is 2.97. The molecule has 0 spiro atoms. The first kappa shape index (κ1) is 13.6. The lowest BCUT2D eigenvalue weighted by Gasteiger charge is -2.03. The van der Waals surface area contributed by atoms with Gasteiger partial charge in [-0.15, -0.1) is 0 Å². The number of halogens is 1. The van der Waals surface area contributed by atoms with Gasteiger partial charge < -0.3 is 14.4 Å². The summed E-state index contributed by atoms with van der Waals surface area (Å²) in [7, 11) is 1.60. The highest BCUT2D eigenvalue weighted by Gasteiger charge is 2.12. The van der Waals surface area contributed by atoms with Crippen LogP contribution in [0.25, 0.3) is 22.8 Å². The van der Waals surface area contributed by atoms with Gasteiger partial charge in [0.2, 0.25) is 5.82 Å². The van der Waals surface area contributed by atoms with Crippen LogP contribution in [0.5, 0.6) is 11.5 Å². The Kier molecular flexibility index (Phi) is 3.57. The fourth-order valence-corrected chi connectivity index (χ4v) is 2.35. The van der Waals surface area contributed by atoms with E-state index in [2.05, 4.69) is 31.1 Å². The van der Waals surface area contributed by atoms with Gasteiger partial charge in [0.25, 0.3) is 5.89 Å². The zero-order chi connectivity index (χ0) is 14.8. The number of aromatic nitrogens is 3. The Hall–Kier alpha value is -2.41. The zero-order valence-electron chi connectivity index (χ0n) is 10.9. The van der Waals surface area contributed by atoms with Gasteiger partial charge in [-0.3, -0.25) is 4.98 Å². The third kappa shape index (κ3) is 2.73. The Labute approximate surface area is 128 Å². The quantitative estimate of drug-likeness (QED) is 0.782. The highest BCUT2D eigenvalue weighted by molar-refractivity contribution is 9.10. The van der Waals surface area contributed by atoms with Crippen molar-refractivity contribution in [3.8, 4) is 34.3 Å². The predicted molar refractivity (Wildman–Crippen MR) is 78.9 cm³/mol. The maximum atomic E-state index is 9.42. The Bertz CT molecular complexity index is 789. The second-order valence-corrected chi connectivity index (χ2v) is 5.06. The van der Waals surface area contributed by atoms with E-state index in [-0.39, 0.29) is 5.75 Å². The van der Waals surface area contributed by atoms with Gasteiger partial charge in [0.1, 0.15) is 11.5 Å². The van der Waals surface area contributed by atoms with Crippen LogP contribution in [0, 0.1) is 0 Å². The largest absolute Gasteiger partial charge is 0.506 e. The molecule has 0 amide bonds. The summed E-state index contributed by atoms with van der Waals surface area (Å²) < 4.78 is 11.2. The van der Waals surface area contributed by atoms with Crippen molar-refractivity contribution in [2.45, 2.75) is 0 Å². The first-order valence-electron chi connectivity index (χ1n) is 5.99. The molecule has 6 nitrogen and oxygen atoms in total. The van der Waals surface area contributed by atoms with E-state index in [1.807, 2.05) is 18.2 Å². The number of pyridine rings is 1. The Morgan fingerprint density at radius 3 is 2.76 bits per heavy atom. The standard InChI is InChI=1S/C14H10BrN3O3/c1-20-12-3-2-8(5-11(12)15)13-17-14(21-18-13)9-4-10(19)7-16-6-9/h2-7,19H,1H3. The topological polar surface area (TPSA) is 81.3 Å². The maximum Gasteiger partial charge on any atom is 0.259 e. The third-order valence-corrected chi connectivity index (χ3v) is 3.43. The van der Waals surface area contributed by atoms with Crippen LogP contribution in [0.15, 0.2) is 45.7 Å². The van der Waals surface area contributed by atoms with E-state index in [0.29, 0.717) is 17.3 Å². The van der Waals surface area contributed by atoms with E-state index in [0.717, 1.165) is 15.8 Å². The molecule has 0 aliphatic heterocycles. The van der Waals surface area contributed by atoms with Crippen LogP contribution in [0.1, 0.15) is 0 Å². The van der Waals surface area contributed by atoms with Crippen LogP contribution in [0.4, 0.5) is 0 Å². The Balaban J connectivity index is 1.96. The van der Waals surface area contributed by atoms with E-state index >= 15 is 0 Å². The SMILES string of the molecule is COc1ccc(-c2noc(-c3cncc(O)c3)n2)cc1Br. The molecular formula is C14H10BrN3O3. The molecule has 1 N–H and O–H groups in total. The van der Waals surface area contributed by atoms with Crippen molar-refractivity contribution in [3.05, 3.63) is 41.1 Å². The van der Waals surface area contributed by atoms with E-state index in [1.165, 1.54) is 12.3 Å². The molecule has 2 heterocycles. The van der Waals surface area contributed by atoms with Crippen molar-refractivity contribution in [1.29, 1.82) is 0 Å². The fraction of sp³-hybridized carbons (Fsp3) is 0.0714. The van der Waals surface area contributed by atoms with Gasteiger partial charge in [0, 0.05) is 11.8 Å². The molecule has 106 valence electrons. The van der Waals surface area contributed by atoms with Crippen molar-refractivity contribution in [1.82, 2.24) is 15.1 Å². The van der Waals surface area contributed by atoms with Crippen LogP contribution < -0.4 is 4.74 Å². The number of aromatic hydroxyl groups is 1. The Morgan fingerprint density at radius 2 is 2.05 bits per heavy atom. The van der Waals surface area contributed by atoms with Crippen molar-refractivity contribution >= 4 is 15.9 Å². The molecule has 0 bridgehead atoms. The van der Waals surface area contributed by atoms with Gasteiger partial charge in [0.05, 0.1) is 23.3 Å². The summed E-state index contributed by atoms with van der Waals surface area (Å²) in [5.74, 6) is 1.50. The lowest BCUT2D eigenvalue weighted by molar-refractivity contribution is 0.412. The van der Waals surface area contributed by atoms with Gasteiger partial charge in [0.15, 0.2) is 0 Å². The molecule has 3 aromatic rings. The molecule has 0 saturated carbocycles. The number of ether oxygens (including phenoxy) is 1. The van der Waals surface area contributed by atoms with Crippen LogP contribution in [-0.4, -0.2) is 27.3 Å². The summed E-state index contributed by atoms with van der Waals surface area (Å²) in [5.41, 5.74) is 1.34. The maximum absolute atomic E-state index is 9.42. The van der Waals surface area contributed by atoms with E-state index in [9.17, 15) is 5.11 Å². The molecule has 0 atom stereocenters. The first-order valence-corrected chi connectivity index (χ1v) is 6.78. The van der Waals surface area contributed by atoms with Crippen molar-refractivity contribution in [2.75, 3.05) is 7.11 Å². The Morgan fingerprint density at radius 1 is 1.19 bits per heavy atom. The third-order valence-electron chi connectivity index (χ3n) is 2.81. The molecule has 2 aromatic heterocycles. The summed E-state index contributed by atoms with van der Waals surface area (Å²) in [6, 6.07) is 6.99. The minimum absolute atomic E-state index is 0.0411. The lowest BCUT2D eigenvalue weighted by Crippen LogP contribution is -1.86. The molecule has 7 heteroatoms. The molecule has 0 aliphatic carbocycles. The number of methoxy groups -OCH3 is 1. The first-order chi connectivity index (χ1) is 10.2. The van der Waals surface area contributed by atoms with Crippen LogP contribution in [0.3, 0.4) is 0 Å². The van der Waals surface area contributed by atoms with Gasteiger partial charge in [-0.25, -0.2) is 0 Å². The van der Waals surface area contributed by atoms with E-state index < -0.39 is 0 Å². The van der Waals surface area contributed by atoms with Gasteiger partial charge in [-0.05, 0) is 40.2 Å². The van der Waals surface area contributed by atoms with Gasteiger partial charge in [-0.1, -0.05) is 5.16 Å². The smallest absolute Gasteiger partial charge is 0.259 e. The second kappa shape index (κ2) is 5.53. The highest BCUT2D eigenvalue weighted by Crippen LogP contribution is 2.30. The number of benzene rings is 1. The molecule has 1 aromatic carbocycles. The van der Waals surface area contributed by atoms with Crippen molar-refractivity contribution in [2.24, 2.45) is 0 Å². The van der Waals surface area contributed by atoms with Crippen LogP contribution >= 0.6 is 15.9 Å². The number of rotatable bonds is 3. The molecule has 0 unspecified atom stereocenters. The zero-order valence-corrected chi connectivity index (χ0v) is 12.5. The monoisotopic (exact) mass is 347 g/mol. The van der Waals surface area contributed by atoms with Crippen molar-refractivity contribution in [3.63, 3.8) is 0 Å². The van der Waals surface area contributed by atoms with Gasteiger partial charge >= 0.3 is 0 Å². The second-order valence-electron chi connectivity index (χ2n) is 4.20. The van der Waals surface area contributed by atoms with Crippen molar-refractivity contribution < 1.29 is 14.4 Å². The summed E-state index contributed by atoms with van der Waals surface area (Å²) in [4.78, 5) is 8.18. The number of hydrogen-bond acceptors (Lipinski definition) is 6. The van der Waals surface area contributed by atoms with E-state index in [4.69, 9.17) is 9.26 Å². The fourth-order valence-electron chi connectivity index (χ4n) is 1.81. The predicted octanol–water partition coefficient (Wildman–Crippen LogP) is 3.28. The molecule has 3 rings (SSSR count). The molecule has 0 saturated heterocycles. The average molecular weight is 348 g/mol. The van der Waals surface area contributed by atoms with Gasteiger partial charge in [-0.2, -0.15) is 4.98 Å². The number of hydrogen-bond donors (Lipinski definition) is 1. The molecule has 0 fully saturated rings. The van der Waals surface area contributed by atoms with Crippen LogP contribution in [-0.2, 0) is 0 Å². The normalized spacial score (nSPS) is 10.6. The lowest BCUT2D eigenvalue weighted by atomic mass is 10.2. The van der Waals surface area contributed by atoms with Crippen LogP contribution in [0.2, 0.25) is 0 Å². The molecular weight excluding hydrogens is 338 g/mol.